The first-order chi connectivity index (χ1) is 16.2. The predicted molar refractivity (Wildman–Crippen MR) is 140 cm³/mol. The molecule has 0 saturated carbocycles. The molecule has 2 aromatic carbocycles. The highest BCUT2D eigenvalue weighted by Crippen LogP contribution is 2.34. The topological polar surface area (TPSA) is 68.6 Å². The van der Waals surface area contributed by atoms with E-state index in [1.807, 2.05) is 33.6 Å². The number of nitrogens with zero attached hydrogens (tertiary/aromatic N) is 1. The van der Waals surface area contributed by atoms with Crippen molar-refractivity contribution < 1.29 is 23.4 Å². The molecular formula is C28H40FNO4. The van der Waals surface area contributed by atoms with E-state index in [0.29, 0.717) is 5.76 Å². The fourth-order valence-electron chi connectivity index (χ4n) is 2.44. The highest BCUT2D eigenvalue weighted by molar-refractivity contribution is 5.61. The molecule has 34 heavy (non-hydrogen) atoms. The molecule has 6 heteroatoms. The Hall–Kier alpha value is -3.59. The van der Waals surface area contributed by atoms with Gasteiger partial charge in [0, 0.05) is 16.7 Å². The zero-order chi connectivity index (χ0) is 27.2. The highest BCUT2D eigenvalue weighted by Gasteiger charge is 2.19. The van der Waals surface area contributed by atoms with Gasteiger partial charge in [-0.2, -0.15) is 5.26 Å². The van der Waals surface area contributed by atoms with E-state index in [0.717, 1.165) is 16.9 Å². The lowest BCUT2D eigenvalue weighted by atomic mass is 9.85. The Morgan fingerprint density at radius 2 is 1.53 bits per heavy atom. The van der Waals surface area contributed by atoms with Gasteiger partial charge in [-0.3, -0.25) is 0 Å². The Morgan fingerprint density at radius 1 is 1.03 bits per heavy atom. The SMILES string of the molecule is C/C=C\c1cccc(C(C)(C)C)c1OC.C=C(OC)c1ccc(F)cc1.C=O.CC.COC#N. The summed E-state index contributed by atoms with van der Waals surface area (Å²) in [6.07, 6.45) is 5.54. The van der Waals surface area contributed by atoms with E-state index in [-0.39, 0.29) is 11.2 Å². The van der Waals surface area contributed by atoms with Gasteiger partial charge in [-0.1, -0.05) is 71.5 Å². The molecular weight excluding hydrogens is 433 g/mol. The quantitative estimate of drug-likeness (QED) is 0.341. The maximum atomic E-state index is 12.4. The van der Waals surface area contributed by atoms with Gasteiger partial charge in [0.2, 0.25) is 0 Å². The third-order valence-electron chi connectivity index (χ3n) is 3.91. The molecule has 5 nitrogen and oxygen atoms in total. The van der Waals surface area contributed by atoms with E-state index < -0.39 is 0 Å². The summed E-state index contributed by atoms with van der Waals surface area (Å²) in [5.41, 5.74) is 3.31. The van der Waals surface area contributed by atoms with Crippen LogP contribution < -0.4 is 4.74 Å². The van der Waals surface area contributed by atoms with Crippen LogP contribution >= 0.6 is 0 Å². The minimum Gasteiger partial charge on any atom is -0.497 e. The first-order valence-corrected chi connectivity index (χ1v) is 10.7. The van der Waals surface area contributed by atoms with Crippen LogP contribution in [-0.2, 0) is 19.7 Å². The van der Waals surface area contributed by atoms with Gasteiger partial charge in [0.05, 0.1) is 21.3 Å². The molecule has 0 atom stereocenters. The van der Waals surface area contributed by atoms with Crippen molar-refractivity contribution in [1.29, 1.82) is 5.26 Å². The Balaban J connectivity index is -0.000000443. The number of benzene rings is 2. The Morgan fingerprint density at radius 3 is 1.88 bits per heavy atom. The normalized spacial score (nSPS) is 9.09. The maximum absolute atomic E-state index is 12.4. The first kappa shape index (κ1) is 35.0. The number of ether oxygens (including phenoxy) is 3. The Kier molecular flexibility index (Phi) is 21.9. The van der Waals surface area contributed by atoms with Gasteiger partial charge in [-0.25, -0.2) is 4.39 Å². The lowest BCUT2D eigenvalue weighted by Gasteiger charge is -2.23. The second kappa shape index (κ2) is 21.3. The number of methoxy groups -OCH3 is 3. The number of allylic oxidation sites excluding steroid dienone is 1. The van der Waals surface area contributed by atoms with Crippen LogP contribution in [-0.4, -0.2) is 28.1 Å². The Bertz CT molecular complexity index is 863. The van der Waals surface area contributed by atoms with Gasteiger partial charge in [0.15, 0.2) is 0 Å². The zero-order valence-corrected chi connectivity index (χ0v) is 22.1. The van der Waals surface area contributed by atoms with E-state index in [9.17, 15) is 4.39 Å². The molecule has 0 spiro atoms. The zero-order valence-electron chi connectivity index (χ0n) is 22.1. The number of hydrogen-bond acceptors (Lipinski definition) is 5. The minimum absolute atomic E-state index is 0.114. The third-order valence-corrected chi connectivity index (χ3v) is 3.91. The molecule has 2 rings (SSSR count). The molecule has 0 N–H and O–H groups in total. The van der Waals surface area contributed by atoms with Crippen LogP contribution in [0.2, 0.25) is 0 Å². The van der Waals surface area contributed by atoms with Crippen molar-refractivity contribution in [2.75, 3.05) is 21.3 Å². The summed E-state index contributed by atoms with van der Waals surface area (Å²) in [5.74, 6) is 1.28. The number of nitriles is 1. The average Bonchev–Trinajstić information content (AvgIpc) is 2.86. The fourth-order valence-corrected chi connectivity index (χ4v) is 2.44. The van der Waals surface area contributed by atoms with Crippen LogP contribution in [0, 0.1) is 17.3 Å². The third kappa shape index (κ3) is 14.5. The van der Waals surface area contributed by atoms with Gasteiger partial charge in [-0.15, -0.1) is 0 Å². The second-order valence-electron chi connectivity index (χ2n) is 7.11. The van der Waals surface area contributed by atoms with Crippen LogP contribution in [0.4, 0.5) is 4.39 Å². The standard InChI is InChI=1S/C14H20O.C9H9FO.C2H3NO.C2H6.CH2O/c1-6-8-11-9-7-10-12(13(11)15-5)14(2,3)4;1-7(11-2)8-3-5-9(10)6-4-8;1-4-2-3;2*1-2/h6-10H,1-5H3;3-6H,1H2,2H3;1H3;1-2H3;1H2/b8-6-;;;;. The van der Waals surface area contributed by atoms with Crippen LogP contribution in [0.1, 0.15) is 58.2 Å². The molecule has 0 amide bonds. The van der Waals surface area contributed by atoms with E-state index in [2.05, 4.69) is 56.4 Å². The van der Waals surface area contributed by atoms with Gasteiger partial charge in [0.1, 0.15) is 24.1 Å². The second-order valence-corrected chi connectivity index (χ2v) is 7.11. The maximum Gasteiger partial charge on any atom is 0.286 e. The van der Waals surface area contributed by atoms with E-state index in [1.165, 1.54) is 38.2 Å². The van der Waals surface area contributed by atoms with Crippen LogP contribution in [0.3, 0.4) is 0 Å². The fraction of sp³-hybridized carbons (Fsp3) is 0.357. The Labute approximate surface area is 205 Å². The molecule has 188 valence electrons. The predicted octanol–water partition coefficient (Wildman–Crippen LogP) is 7.42. The van der Waals surface area contributed by atoms with Crippen molar-refractivity contribution in [3.8, 4) is 12.0 Å². The van der Waals surface area contributed by atoms with Crippen molar-refractivity contribution in [1.82, 2.24) is 0 Å². The van der Waals surface area contributed by atoms with Crippen molar-refractivity contribution >= 4 is 18.6 Å². The van der Waals surface area contributed by atoms with Gasteiger partial charge < -0.3 is 19.0 Å². The number of rotatable bonds is 4. The van der Waals surface area contributed by atoms with E-state index >= 15 is 0 Å². The van der Waals surface area contributed by atoms with Crippen LogP contribution in [0.5, 0.6) is 5.75 Å². The molecule has 0 aromatic heterocycles. The van der Waals surface area contributed by atoms with Crippen LogP contribution in [0.15, 0.2) is 55.1 Å². The molecule has 0 aliphatic rings. The van der Waals surface area contributed by atoms with Crippen molar-refractivity contribution in [2.45, 2.75) is 47.0 Å². The van der Waals surface area contributed by atoms with Gasteiger partial charge >= 0.3 is 0 Å². The average molecular weight is 474 g/mol. The molecule has 2 aromatic rings. The number of carbonyl (C=O) groups excluding carboxylic acids is 1. The highest BCUT2D eigenvalue weighted by atomic mass is 19.1. The molecule has 0 saturated heterocycles. The summed E-state index contributed by atoms with van der Waals surface area (Å²) in [4.78, 5) is 8.00. The monoisotopic (exact) mass is 473 g/mol. The van der Waals surface area contributed by atoms with Gasteiger partial charge in [0.25, 0.3) is 6.26 Å². The molecule has 0 radical (unpaired) electrons. The largest absolute Gasteiger partial charge is 0.497 e. The van der Waals surface area contributed by atoms with Crippen molar-refractivity contribution in [3.63, 3.8) is 0 Å². The molecule has 0 heterocycles. The van der Waals surface area contributed by atoms with E-state index in [1.54, 1.807) is 19.2 Å². The molecule has 0 aliphatic carbocycles. The number of halogens is 1. The summed E-state index contributed by atoms with van der Waals surface area (Å²) in [5, 5.41) is 7.40. The molecule has 0 unspecified atom stereocenters. The molecule has 0 fully saturated rings. The minimum atomic E-state index is -0.252. The van der Waals surface area contributed by atoms with E-state index in [4.69, 9.17) is 19.5 Å². The summed E-state index contributed by atoms with van der Waals surface area (Å²) in [7, 11) is 4.59. The lowest BCUT2D eigenvalue weighted by molar-refractivity contribution is -0.0980. The molecule has 0 aliphatic heterocycles. The lowest BCUT2D eigenvalue weighted by Crippen LogP contribution is -2.13. The number of carbonyl (C=O) groups is 1. The first-order valence-electron chi connectivity index (χ1n) is 10.7. The summed E-state index contributed by atoms with van der Waals surface area (Å²) >= 11 is 0. The van der Waals surface area contributed by atoms with Crippen molar-refractivity contribution in [3.05, 3.63) is 77.6 Å². The van der Waals surface area contributed by atoms with Gasteiger partial charge in [-0.05, 0) is 36.6 Å². The summed E-state index contributed by atoms with van der Waals surface area (Å²) in [6.45, 7) is 18.2. The smallest absolute Gasteiger partial charge is 0.286 e. The van der Waals surface area contributed by atoms with Crippen molar-refractivity contribution in [2.24, 2.45) is 0 Å². The number of para-hydroxylation sites is 1. The van der Waals surface area contributed by atoms with Crippen LogP contribution in [0.25, 0.3) is 11.8 Å². The molecule has 0 bridgehead atoms. The summed E-state index contributed by atoms with van der Waals surface area (Å²) < 4.78 is 26.6. The summed E-state index contributed by atoms with van der Waals surface area (Å²) in [6, 6.07) is 12.3. The number of hydrogen-bond donors (Lipinski definition) is 0.